The summed E-state index contributed by atoms with van der Waals surface area (Å²) < 4.78 is 15.3. The number of methoxy groups -OCH3 is 2. The van der Waals surface area contributed by atoms with E-state index in [1.807, 2.05) is 0 Å². The number of amides is 2. The first kappa shape index (κ1) is 22.8. The second-order valence-electron chi connectivity index (χ2n) is 8.16. The van der Waals surface area contributed by atoms with E-state index in [9.17, 15) is 19.5 Å². The van der Waals surface area contributed by atoms with Gasteiger partial charge in [-0.2, -0.15) is 0 Å². The summed E-state index contributed by atoms with van der Waals surface area (Å²) in [6, 6.07) is 4.16. The third-order valence-electron chi connectivity index (χ3n) is 4.76. The first-order valence-electron chi connectivity index (χ1n) is 9.66. The zero-order chi connectivity index (χ0) is 22.9. The highest BCUT2D eigenvalue weighted by Crippen LogP contribution is 2.42. The van der Waals surface area contributed by atoms with Crippen molar-refractivity contribution in [1.29, 1.82) is 0 Å². The molecule has 1 aromatic carbocycles. The quantitative estimate of drug-likeness (QED) is 0.518. The number of thioether (sulfide) groups is 1. The van der Waals surface area contributed by atoms with Crippen LogP contribution in [0.2, 0.25) is 0 Å². The Bertz CT molecular complexity index is 938. The molecule has 31 heavy (non-hydrogen) atoms. The predicted molar refractivity (Wildman–Crippen MR) is 114 cm³/mol. The van der Waals surface area contributed by atoms with Gasteiger partial charge in [0.15, 0.2) is 11.5 Å². The number of carbonyl (C=O) groups is 3. The Kier molecular flexibility index (Phi) is 6.40. The van der Waals surface area contributed by atoms with E-state index in [0.29, 0.717) is 23.5 Å². The van der Waals surface area contributed by atoms with E-state index in [2.05, 4.69) is 10.1 Å². The number of fused-ring (bicyclic) bond motifs is 1. The number of carbonyl (C=O) groups excluding carboxylic acids is 3. The number of rotatable bonds is 5. The number of nitrogens with one attached hydrogen (secondary N) is 1. The van der Waals surface area contributed by atoms with Crippen molar-refractivity contribution in [2.24, 2.45) is 0 Å². The number of phenolic OH excluding ortho intramolecular Hbond substituents is 1. The average Bonchev–Trinajstić information content (AvgIpc) is 2.71. The zero-order valence-electron chi connectivity index (χ0n) is 18.1. The fourth-order valence-corrected chi connectivity index (χ4v) is 4.74. The van der Waals surface area contributed by atoms with Gasteiger partial charge < -0.3 is 24.6 Å². The molecular formula is C21H26N2O7S. The largest absolute Gasteiger partial charge is 0.504 e. The van der Waals surface area contributed by atoms with Crippen molar-refractivity contribution in [1.82, 2.24) is 10.2 Å². The van der Waals surface area contributed by atoms with Crippen molar-refractivity contribution >= 4 is 29.7 Å². The summed E-state index contributed by atoms with van der Waals surface area (Å²) >= 11 is 1.45. The number of esters is 1. The number of phenols is 1. The fourth-order valence-electron chi connectivity index (χ4n) is 3.40. The summed E-state index contributed by atoms with van der Waals surface area (Å²) in [5, 5.41) is 11.9. The van der Waals surface area contributed by atoms with E-state index >= 15 is 0 Å². The van der Waals surface area contributed by atoms with Gasteiger partial charge in [-0.05, 0) is 50.5 Å². The number of β-lactam (4-membered cyclic amide) rings is 1. The van der Waals surface area contributed by atoms with E-state index in [1.54, 1.807) is 32.9 Å². The van der Waals surface area contributed by atoms with Crippen LogP contribution in [0.15, 0.2) is 29.5 Å². The molecule has 1 fully saturated rings. The number of hydrogen-bond donors (Lipinski definition) is 2. The predicted octanol–water partition coefficient (Wildman–Crippen LogP) is 2.18. The third kappa shape index (κ3) is 4.73. The molecule has 2 atom stereocenters. The molecule has 0 aliphatic carbocycles. The van der Waals surface area contributed by atoms with Crippen molar-refractivity contribution in [3.8, 4) is 11.5 Å². The summed E-state index contributed by atoms with van der Waals surface area (Å²) in [6.45, 7) is 5.26. The van der Waals surface area contributed by atoms with Crippen LogP contribution >= 0.6 is 11.8 Å². The average molecular weight is 451 g/mol. The summed E-state index contributed by atoms with van der Waals surface area (Å²) in [5.74, 6) is -0.195. The lowest BCUT2D eigenvalue weighted by Crippen LogP contribution is -2.70. The second-order valence-corrected chi connectivity index (χ2v) is 9.27. The topological polar surface area (TPSA) is 114 Å². The minimum atomic E-state index is -0.773. The molecule has 10 heteroatoms. The van der Waals surface area contributed by atoms with Crippen LogP contribution in [-0.2, 0) is 25.5 Å². The highest BCUT2D eigenvalue weighted by Gasteiger charge is 2.54. The molecule has 2 amide bonds. The van der Waals surface area contributed by atoms with Crippen molar-refractivity contribution < 1.29 is 33.7 Å². The van der Waals surface area contributed by atoms with E-state index in [-0.39, 0.29) is 11.4 Å². The summed E-state index contributed by atoms with van der Waals surface area (Å²) in [7, 11) is 2.68. The summed E-state index contributed by atoms with van der Waals surface area (Å²) in [5.41, 5.74) is 0.975. The number of benzene rings is 1. The van der Waals surface area contributed by atoms with Crippen LogP contribution in [0.5, 0.6) is 11.5 Å². The first-order chi connectivity index (χ1) is 14.6. The maximum atomic E-state index is 13.1. The van der Waals surface area contributed by atoms with E-state index in [1.165, 1.54) is 36.9 Å². The lowest BCUT2D eigenvalue weighted by Gasteiger charge is -2.49. The lowest BCUT2D eigenvalue weighted by molar-refractivity contribution is -0.158. The van der Waals surface area contributed by atoms with Crippen LogP contribution in [0.1, 0.15) is 26.3 Å². The van der Waals surface area contributed by atoms with Crippen LogP contribution in [-0.4, -0.2) is 65.0 Å². The highest BCUT2D eigenvalue weighted by atomic mass is 32.2. The van der Waals surface area contributed by atoms with Gasteiger partial charge in [-0.1, -0.05) is 6.07 Å². The Balaban J connectivity index is 1.94. The van der Waals surface area contributed by atoms with Crippen LogP contribution < -0.4 is 10.1 Å². The van der Waals surface area contributed by atoms with Gasteiger partial charge in [0.25, 0.3) is 5.91 Å². The van der Waals surface area contributed by atoms with Gasteiger partial charge in [0.2, 0.25) is 0 Å². The van der Waals surface area contributed by atoms with Crippen LogP contribution in [0, 0.1) is 0 Å². The Hall–Kier alpha value is -2.88. The van der Waals surface area contributed by atoms with Gasteiger partial charge in [0, 0.05) is 5.75 Å². The van der Waals surface area contributed by atoms with Gasteiger partial charge in [0.05, 0.1) is 14.2 Å². The summed E-state index contributed by atoms with van der Waals surface area (Å²) in [4.78, 5) is 38.8. The van der Waals surface area contributed by atoms with Gasteiger partial charge >= 0.3 is 12.1 Å². The van der Waals surface area contributed by atoms with Crippen LogP contribution in [0.25, 0.3) is 0 Å². The minimum absolute atomic E-state index is 0.0142. The van der Waals surface area contributed by atoms with Gasteiger partial charge in [0.1, 0.15) is 22.7 Å². The Morgan fingerprint density at radius 3 is 2.61 bits per heavy atom. The van der Waals surface area contributed by atoms with Crippen LogP contribution in [0.4, 0.5) is 4.79 Å². The fraction of sp³-hybridized carbons (Fsp3) is 0.476. The number of hydrogen-bond acceptors (Lipinski definition) is 8. The molecule has 0 spiro atoms. The molecule has 0 aromatic heterocycles. The zero-order valence-corrected chi connectivity index (χ0v) is 18.9. The standard InChI is InChI=1S/C21H26N2O7S/c1-21(2,3)30-19(26)16-12(8-11-6-7-13(24)14(9-11)28-4)10-31-18-15(17(25)23(16)18)22-20(27)29-5/h6-7,9,15,18,24H,8,10H2,1-5H3,(H,22,27). The molecule has 1 aromatic rings. The highest BCUT2D eigenvalue weighted by molar-refractivity contribution is 8.00. The molecule has 0 radical (unpaired) electrons. The van der Waals surface area contributed by atoms with Gasteiger partial charge in [-0.15, -0.1) is 11.8 Å². The summed E-state index contributed by atoms with van der Waals surface area (Å²) in [6.07, 6.45) is -0.340. The molecule has 2 unspecified atom stereocenters. The normalized spacial score (nSPS) is 20.5. The molecule has 0 saturated carbocycles. The molecule has 168 valence electrons. The first-order valence-corrected chi connectivity index (χ1v) is 10.7. The Morgan fingerprint density at radius 2 is 2.00 bits per heavy atom. The number of ether oxygens (including phenoxy) is 3. The number of aromatic hydroxyl groups is 1. The second kappa shape index (κ2) is 8.70. The molecule has 2 N–H and O–H groups in total. The van der Waals surface area contributed by atoms with Gasteiger partial charge in [-0.3, -0.25) is 9.69 Å². The third-order valence-corrected chi connectivity index (χ3v) is 6.10. The molecule has 9 nitrogen and oxygen atoms in total. The smallest absolute Gasteiger partial charge is 0.407 e. The Morgan fingerprint density at radius 1 is 1.29 bits per heavy atom. The molecule has 1 saturated heterocycles. The van der Waals surface area contributed by atoms with Crippen molar-refractivity contribution in [2.75, 3.05) is 20.0 Å². The Labute approximate surface area is 184 Å². The maximum absolute atomic E-state index is 13.1. The maximum Gasteiger partial charge on any atom is 0.407 e. The van der Waals surface area contributed by atoms with Gasteiger partial charge in [-0.25, -0.2) is 9.59 Å². The molecule has 3 rings (SSSR count). The number of nitrogens with zero attached hydrogens (tertiary/aromatic N) is 1. The molecule has 2 aliphatic heterocycles. The minimum Gasteiger partial charge on any atom is -0.504 e. The molecular weight excluding hydrogens is 424 g/mol. The number of alkyl carbamates (subject to hydrolysis) is 1. The van der Waals surface area contributed by atoms with Crippen LogP contribution in [0.3, 0.4) is 0 Å². The lowest BCUT2D eigenvalue weighted by atomic mass is 9.98. The molecule has 0 bridgehead atoms. The van der Waals surface area contributed by atoms with E-state index in [0.717, 1.165) is 5.56 Å². The van der Waals surface area contributed by atoms with Crippen molar-refractivity contribution in [2.45, 2.75) is 44.2 Å². The molecule has 2 heterocycles. The monoisotopic (exact) mass is 450 g/mol. The van der Waals surface area contributed by atoms with E-state index in [4.69, 9.17) is 9.47 Å². The molecule has 2 aliphatic rings. The SMILES string of the molecule is COC(=O)NC1C(=O)N2C(C(=O)OC(C)(C)C)=C(Cc3ccc(O)c(OC)c3)CSC12. The van der Waals surface area contributed by atoms with Crippen molar-refractivity contribution in [3.05, 3.63) is 35.0 Å². The van der Waals surface area contributed by atoms with Crippen molar-refractivity contribution in [3.63, 3.8) is 0 Å². The van der Waals surface area contributed by atoms with E-state index < -0.39 is 35.0 Å².